The number of thiazole rings is 1. The van der Waals surface area contributed by atoms with Gasteiger partial charge in [-0.25, -0.2) is 18.4 Å². The van der Waals surface area contributed by atoms with Crippen molar-refractivity contribution in [1.29, 1.82) is 0 Å². The molecule has 0 aliphatic heterocycles. The Hall–Kier alpha value is -2.78. The number of anilines is 2. The van der Waals surface area contributed by atoms with Crippen molar-refractivity contribution < 1.29 is 13.2 Å². The zero-order chi connectivity index (χ0) is 18.7. The van der Waals surface area contributed by atoms with E-state index in [0.717, 1.165) is 4.88 Å². The summed E-state index contributed by atoms with van der Waals surface area (Å²) in [6.07, 6.45) is 0. The number of benzene rings is 1. The second kappa shape index (κ2) is 7.22. The fourth-order valence-electron chi connectivity index (χ4n) is 2.25. The lowest BCUT2D eigenvalue weighted by molar-refractivity contribution is -0.114. The van der Waals surface area contributed by atoms with E-state index in [1.165, 1.54) is 30.4 Å². The van der Waals surface area contributed by atoms with Crippen molar-refractivity contribution in [2.24, 2.45) is 0 Å². The van der Waals surface area contributed by atoms with Gasteiger partial charge in [0.15, 0.2) is 5.13 Å². The van der Waals surface area contributed by atoms with Crippen molar-refractivity contribution >= 4 is 38.2 Å². The number of rotatable bonds is 5. The largest absolute Gasteiger partial charge is 0.302 e. The van der Waals surface area contributed by atoms with Crippen LogP contribution in [-0.2, 0) is 14.8 Å². The maximum atomic E-state index is 12.4. The van der Waals surface area contributed by atoms with Crippen LogP contribution >= 0.6 is 11.3 Å². The van der Waals surface area contributed by atoms with Gasteiger partial charge in [0.2, 0.25) is 5.91 Å². The molecule has 3 aromatic rings. The standard InChI is InChI=1S/C17H16N4O3S2/c1-11-16(25-17(18-11)19-12(2)22)14-9-6-10-15(20-14)21-26(23,24)13-7-4-3-5-8-13/h3-10H,1-2H3,(H,20,21)(H,18,19,22). The molecular weight excluding hydrogens is 372 g/mol. The van der Waals surface area contributed by atoms with E-state index < -0.39 is 10.0 Å². The van der Waals surface area contributed by atoms with Gasteiger partial charge in [-0.05, 0) is 31.2 Å². The smallest absolute Gasteiger partial charge is 0.263 e. The number of nitrogens with zero attached hydrogens (tertiary/aromatic N) is 2. The van der Waals surface area contributed by atoms with Gasteiger partial charge in [-0.3, -0.25) is 9.52 Å². The van der Waals surface area contributed by atoms with E-state index in [9.17, 15) is 13.2 Å². The predicted molar refractivity (Wildman–Crippen MR) is 102 cm³/mol. The van der Waals surface area contributed by atoms with Gasteiger partial charge in [0.05, 0.1) is 21.2 Å². The maximum absolute atomic E-state index is 12.4. The number of hydrogen-bond donors (Lipinski definition) is 2. The predicted octanol–water partition coefficient (Wildman–Crippen LogP) is 3.27. The van der Waals surface area contributed by atoms with Crippen LogP contribution in [0.15, 0.2) is 53.4 Å². The molecule has 0 saturated heterocycles. The van der Waals surface area contributed by atoms with Gasteiger partial charge in [0.25, 0.3) is 10.0 Å². The molecule has 0 saturated carbocycles. The Labute approximate surface area is 155 Å². The molecule has 0 atom stereocenters. The van der Waals surface area contributed by atoms with Crippen LogP contribution in [0.4, 0.5) is 10.9 Å². The molecule has 9 heteroatoms. The van der Waals surface area contributed by atoms with E-state index in [4.69, 9.17) is 0 Å². The third-order valence-electron chi connectivity index (χ3n) is 3.35. The zero-order valence-electron chi connectivity index (χ0n) is 14.1. The fourth-order valence-corrected chi connectivity index (χ4v) is 4.26. The number of hydrogen-bond acceptors (Lipinski definition) is 6. The molecule has 0 bridgehead atoms. The van der Waals surface area contributed by atoms with Crippen LogP contribution in [0.25, 0.3) is 10.6 Å². The molecule has 0 aliphatic carbocycles. The van der Waals surface area contributed by atoms with Crippen molar-refractivity contribution in [3.05, 3.63) is 54.2 Å². The second-order valence-electron chi connectivity index (χ2n) is 5.44. The quantitative estimate of drug-likeness (QED) is 0.698. The maximum Gasteiger partial charge on any atom is 0.263 e. The van der Waals surface area contributed by atoms with E-state index in [1.807, 2.05) is 0 Å². The van der Waals surface area contributed by atoms with E-state index in [2.05, 4.69) is 20.0 Å². The number of pyridine rings is 1. The van der Waals surface area contributed by atoms with Crippen LogP contribution in [-0.4, -0.2) is 24.3 Å². The van der Waals surface area contributed by atoms with Crippen LogP contribution in [0.3, 0.4) is 0 Å². The highest BCUT2D eigenvalue weighted by atomic mass is 32.2. The van der Waals surface area contributed by atoms with Gasteiger partial charge in [-0.15, -0.1) is 0 Å². The lowest BCUT2D eigenvalue weighted by atomic mass is 10.2. The van der Waals surface area contributed by atoms with Gasteiger partial charge in [-0.1, -0.05) is 35.6 Å². The molecule has 7 nitrogen and oxygen atoms in total. The first kappa shape index (κ1) is 18.0. The molecule has 1 aromatic carbocycles. The summed E-state index contributed by atoms with van der Waals surface area (Å²) in [5, 5.41) is 3.11. The van der Waals surface area contributed by atoms with Gasteiger partial charge in [0, 0.05) is 6.92 Å². The highest BCUT2D eigenvalue weighted by Gasteiger charge is 2.16. The molecule has 1 amide bonds. The monoisotopic (exact) mass is 388 g/mol. The Bertz CT molecular complexity index is 1050. The number of carbonyl (C=O) groups excluding carboxylic acids is 1. The summed E-state index contributed by atoms with van der Waals surface area (Å²) in [6.45, 7) is 3.22. The second-order valence-corrected chi connectivity index (χ2v) is 8.12. The first-order valence-electron chi connectivity index (χ1n) is 7.65. The summed E-state index contributed by atoms with van der Waals surface area (Å²) in [4.78, 5) is 20.8. The number of nitrogens with one attached hydrogen (secondary N) is 2. The SMILES string of the molecule is CC(=O)Nc1nc(C)c(-c2cccc(NS(=O)(=O)c3ccccc3)n2)s1. The Morgan fingerprint density at radius 2 is 1.77 bits per heavy atom. The van der Waals surface area contributed by atoms with Crippen molar-refractivity contribution in [3.8, 4) is 10.6 Å². The highest BCUT2D eigenvalue weighted by molar-refractivity contribution is 7.92. The Morgan fingerprint density at radius 3 is 2.46 bits per heavy atom. The van der Waals surface area contributed by atoms with Crippen LogP contribution in [0.5, 0.6) is 0 Å². The van der Waals surface area contributed by atoms with Crippen molar-refractivity contribution in [1.82, 2.24) is 9.97 Å². The van der Waals surface area contributed by atoms with E-state index >= 15 is 0 Å². The number of sulfonamides is 1. The minimum atomic E-state index is -3.71. The Kier molecular flexibility index (Phi) is 5.01. The lowest BCUT2D eigenvalue weighted by Crippen LogP contribution is -2.13. The number of carbonyl (C=O) groups is 1. The molecule has 0 fully saturated rings. The molecular formula is C17H16N4O3S2. The van der Waals surface area contributed by atoms with Gasteiger partial charge < -0.3 is 5.32 Å². The van der Waals surface area contributed by atoms with Crippen LogP contribution in [0.2, 0.25) is 0 Å². The van der Waals surface area contributed by atoms with Gasteiger partial charge in [-0.2, -0.15) is 0 Å². The third-order valence-corrected chi connectivity index (χ3v) is 5.82. The summed E-state index contributed by atoms with van der Waals surface area (Å²) >= 11 is 1.28. The minimum absolute atomic E-state index is 0.161. The molecule has 2 heterocycles. The van der Waals surface area contributed by atoms with Crippen molar-refractivity contribution in [3.63, 3.8) is 0 Å². The number of amides is 1. The third kappa shape index (κ3) is 4.06. The summed E-state index contributed by atoms with van der Waals surface area (Å²) in [6, 6.07) is 13.1. The molecule has 2 aromatic heterocycles. The molecule has 0 spiro atoms. The summed E-state index contributed by atoms with van der Waals surface area (Å²) in [5.74, 6) is 0.00265. The number of aryl methyl sites for hydroxylation is 1. The molecule has 0 radical (unpaired) electrons. The summed E-state index contributed by atoms with van der Waals surface area (Å²) in [7, 11) is -3.71. The average molecular weight is 388 g/mol. The molecule has 3 rings (SSSR count). The molecule has 2 N–H and O–H groups in total. The fraction of sp³-hybridized carbons (Fsp3) is 0.118. The van der Waals surface area contributed by atoms with Crippen molar-refractivity contribution in [2.45, 2.75) is 18.7 Å². The minimum Gasteiger partial charge on any atom is -0.302 e. The summed E-state index contributed by atoms with van der Waals surface area (Å²) < 4.78 is 27.3. The van der Waals surface area contributed by atoms with Crippen LogP contribution in [0, 0.1) is 6.92 Å². The van der Waals surface area contributed by atoms with Gasteiger partial charge >= 0.3 is 0 Å². The van der Waals surface area contributed by atoms with E-state index in [0.29, 0.717) is 16.5 Å². The Balaban J connectivity index is 1.90. The average Bonchev–Trinajstić information content (AvgIpc) is 2.95. The first-order valence-corrected chi connectivity index (χ1v) is 9.95. The van der Waals surface area contributed by atoms with E-state index in [-0.39, 0.29) is 16.6 Å². The highest BCUT2D eigenvalue weighted by Crippen LogP contribution is 2.32. The summed E-state index contributed by atoms with van der Waals surface area (Å²) in [5.41, 5.74) is 1.28. The lowest BCUT2D eigenvalue weighted by Gasteiger charge is -2.08. The van der Waals surface area contributed by atoms with Gasteiger partial charge in [0.1, 0.15) is 5.82 Å². The molecule has 0 aliphatic rings. The van der Waals surface area contributed by atoms with E-state index in [1.54, 1.807) is 43.3 Å². The first-order chi connectivity index (χ1) is 12.3. The normalized spacial score (nSPS) is 11.2. The van der Waals surface area contributed by atoms with Crippen molar-refractivity contribution in [2.75, 3.05) is 10.0 Å². The molecule has 134 valence electrons. The zero-order valence-corrected chi connectivity index (χ0v) is 15.7. The van der Waals surface area contributed by atoms with Crippen LogP contribution < -0.4 is 10.0 Å². The Morgan fingerprint density at radius 1 is 1.04 bits per heavy atom. The topological polar surface area (TPSA) is 101 Å². The molecule has 26 heavy (non-hydrogen) atoms. The van der Waals surface area contributed by atoms with Crippen LogP contribution in [0.1, 0.15) is 12.6 Å². The number of aromatic nitrogens is 2. The molecule has 0 unspecified atom stereocenters.